The van der Waals surface area contributed by atoms with E-state index in [1.165, 1.54) is 12.8 Å². The molecule has 8 nitrogen and oxygen atoms in total. The van der Waals surface area contributed by atoms with Gasteiger partial charge in [0.2, 0.25) is 0 Å². The summed E-state index contributed by atoms with van der Waals surface area (Å²) in [4.78, 5) is 11.9. The monoisotopic (exact) mass is 397 g/mol. The number of nitrogens with one attached hydrogen (secondary N) is 2. The van der Waals surface area contributed by atoms with Crippen LogP contribution < -0.4 is 15.0 Å². The fourth-order valence-electron chi connectivity index (χ4n) is 3.82. The molecule has 29 heavy (non-hydrogen) atoms. The van der Waals surface area contributed by atoms with Crippen molar-refractivity contribution in [3.8, 4) is 11.5 Å². The standard InChI is InChI=1S/C21H27N5O3/c1-13(27)9-18-24-19-20(22)23-12-26(21(19)25-18)11-14-7-8-16(28-2)17(10-14)29-15-5-3-4-6-15/h7-8,10,12-13,15,22,27H,3-6,9,11H2,1-2H3,(H,24,25). The Morgan fingerprint density at radius 2 is 2.10 bits per heavy atom. The lowest BCUT2D eigenvalue weighted by Gasteiger charge is -2.17. The second-order valence-corrected chi connectivity index (χ2v) is 7.67. The topological polar surface area (TPSA) is 109 Å². The van der Waals surface area contributed by atoms with Crippen LogP contribution in [0.1, 0.15) is 44.0 Å². The van der Waals surface area contributed by atoms with Gasteiger partial charge in [-0.05, 0) is 50.3 Å². The Morgan fingerprint density at radius 1 is 1.31 bits per heavy atom. The van der Waals surface area contributed by atoms with Crippen LogP contribution in [0.2, 0.25) is 0 Å². The molecule has 3 N–H and O–H groups in total. The van der Waals surface area contributed by atoms with Gasteiger partial charge in [0, 0.05) is 6.42 Å². The van der Waals surface area contributed by atoms with Crippen molar-refractivity contribution in [1.82, 2.24) is 19.5 Å². The zero-order chi connectivity index (χ0) is 20.4. The normalized spacial score (nSPS) is 15.7. The third-order valence-electron chi connectivity index (χ3n) is 5.23. The van der Waals surface area contributed by atoms with Crippen molar-refractivity contribution in [2.24, 2.45) is 0 Å². The van der Waals surface area contributed by atoms with Crippen molar-refractivity contribution in [3.63, 3.8) is 0 Å². The Bertz CT molecular complexity index is 1050. The first-order valence-corrected chi connectivity index (χ1v) is 10.0. The molecule has 1 atom stereocenters. The second kappa shape index (κ2) is 8.24. The number of aromatic amines is 1. The number of ether oxygens (including phenoxy) is 2. The Kier molecular flexibility index (Phi) is 5.53. The van der Waals surface area contributed by atoms with Crippen molar-refractivity contribution < 1.29 is 14.6 Å². The number of rotatable bonds is 7. The molecule has 4 rings (SSSR count). The Balaban J connectivity index is 1.64. The first-order valence-electron chi connectivity index (χ1n) is 10.0. The highest BCUT2D eigenvalue weighted by molar-refractivity contribution is 5.69. The maximum Gasteiger partial charge on any atom is 0.173 e. The largest absolute Gasteiger partial charge is 0.493 e. The summed E-state index contributed by atoms with van der Waals surface area (Å²) in [6, 6.07) is 5.93. The summed E-state index contributed by atoms with van der Waals surface area (Å²) in [6.07, 6.45) is 6.34. The summed E-state index contributed by atoms with van der Waals surface area (Å²) in [5.74, 6) is 2.13. The molecule has 0 radical (unpaired) electrons. The molecule has 1 aliphatic rings. The van der Waals surface area contributed by atoms with Crippen LogP contribution in [0.25, 0.3) is 11.2 Å². The Hall–Kier alpha value is -2.87. The number of aromatic nitrogens is 4. The molecule has 1 saturated carbocycles. The first-order chi connectivity index (χ1) is 14.0. The maximum atomic E-state index is 9.65. The third kappa shape index (κ3) is 4.27. The number of hydrogen-bond acceptors (Lipinski definition) is 6. The minimum Gasteiger partial charge on any atom is -0.493 e. The number of hydrogen-bond donors (Lipinski definition) is 3. The van der Waals surface area contributed by atoms with E-state index in [1.807, 2.05) is 22.8 Å². The van der Waals surface area contributed by atoms with Gasteiger partial charge in [-0.3, -0.25) is 5.41 Å². The molecule has 0 aliphatic heterocycles. The van der Waals surface area contributed by atoms with E-state index in [9.17, 15) is 5.11 Å². The molecule has 0 saturated heterocycles. The van der Waals surface area contributed by atoms with Gasteiger partial charge in [0.1, 0.15) is 11.3 Å². The van der Waals surface area contributed by atoms with Crippen LogP contribution in [-0.4, -0.2) is 43.9 Å². The molecule has 8 heteroatoms. The highest BCUT2D eigenvalue weighted by Crippen LogP contribution is 2.32. The highest BCUT2D eigenvalue weighted by Gasteiger charge is 2.19. The van der Waals surface area contributed by atoms with E-state index >= 15 is 0 Å². The van der Waals surface area contributed by atoms with Gasteiger partial charge in [-0.2, -0.15) is 0 Å². The summed E-state index contributed by atoms with van der Waals surface area (Å²) in [7, 11) is 1.65. The number of methoxy groups -OCH3 is 1. The Morgan fingerprint density at radius 3 is 2.83 bits per heavy atom. The molecule has 154 valence electrons. The van der Waals surface area contributed by atoms with E-state index in [1.54, 1.807) is 20.4 Å². The minimum atomic E-state index is -0.511. The number of benzene rings is 1. The molecule has 1 unspecified atom stereocenters. The van der Waals surface area contributed by atoms with Crippen molar-refractivity contribution in [2.75, 3.05) is 7.11 Å². The summed E-state index contributed by atoms with van der Waals surface area (Å²) < 4.78 is 13.6. The number of aliphatic hydroxyl groups excluding tert-OH is 1. The van der Waals surface area contributed by atoms with Crippen molar-refractivity contribution >= 4 is 11.2 Å². The average Bonchev–Trinajstić information content (AvgIpc) is 3.34. The lowest BCUT2D eigenvalue weighted by Crippen LogP contribution is -2.14. The van der Waals surface area contributed by atoms with Crippen LogP contribution in [-0.2, 0) is 13.0 Å². The van der Waals surface area contributed by atoms with Crippen molar-refractivity contribution in [2.45, 2.75) is 57.8 Å². The van der Waals surface area contributed by atoms with Gasteiger partial charge in [-0.1, -0.05) is 6.07 Å². The van der Waals surface area contributed by atoms with Gasteiger partial charge in [-0.25, -0.2) is 9.97 Å². The minimum absolute atomic E-state index is 0.139. The number of H-pyrrole nitrogens is 1. The lowest BCUT2D eigenvalue weighted by atomic mass is 10.2. The van der Waals surface area contributed by atoms with Crippen LogP contribution in [0.3, 0.4) is 0 Å². The van der Waals surface area contributed by atoms with E-state index in [4.69, 9.17) is 14.9 Å². The molecule has 0 amide bonds. The summed E-state index contributed by atoms with van der Waals surface area (Å²) in [6.45, 7) is 2.25. The fraction of sp³-hybridized carbons (Fsp3) is 0.476. The van der Waals surface area contributed by atoms with Gasteiger partial charge in [0.15, 0.2) is 22.6 Å². The van der Waals surface area contributed by atoms with Crippen LogP contribution >= 0.6 is 0 Å². The zero-order valence-electron chi connectivity index (χ0n) is 16.8. The third-order valence-corrected chi connectivity index (χ3v) is 5.23. The number of imidazole rings is 1. The SMILES string of the molecule is COc1ccc(Cn2cnc(=N)c3[nH]c(CC(C)O)nc32)cc1OC1CCCC1. The summed E-state index contributed by atoms with van der Waals surface area (Å²) in [5, 5.41) is 17.7. The van der Waals surface area contributed by atoms with E-state index in [-0.39, 0.29) is 11.6 Å². The molecule has 0 spiro atoms. The number of nitrogens with zero attached hydrogens (tertiary/aromatic N) is 3. The van der Waals surface area contributed by atoms with E-state index in [2.05, 4.69) is 15.0 Å². The molecule has 1 fully saturated rings. The number of aliphatic hydroxyl groups is 1. The molecule has 2 aromatic heterocycles. The predicted octanol–water partition coefficient (Wildman–Crippen LogP) is 2.54. The molecule has 1 aliphatic carbocycles. The van der Waals surface area contributed by atoms with E-state index in [0.29, 0.717) is 30.0 Å². The van der Waals surface area contributed by atoms with Gasteiger partial charge in [-0.15, -0.1) is 0 Å². The molecular formula is C21H27N5O3. The molecule has 0 bridgehead atoms. The van der Waals surface area contributed by atoms with Crippen LogP contribution in [0.5, 0.6) is 11.5 Å². The Labute approximate surface area is 169 Å². The van der Waals surface area contributed by atoms with Gasteiger partial charge < -0.3 is 24.1 Å². The summed E-state index contributed by atoms with van der Waals surface area (Å²) >= 11 is 0. The van der Waals surface area contributed by atoms with Crippen LogP contribution in [0.4, 0.5) is 0 Å². The second-order valence-electron chi connectivity index (χ2n) is 7.67. The smallest absolute Gasteiger partial charge is 0.173 e. The van der Waals surface area contributed by atoms with Crippen LogP contribution in [0, 0.1) is 5.41 Å². The zero-order valence-corrected chi connectivity index (χ0v) is 16.8. The van der Waals surface area contributed by atoms with Crippen molar-refractivity contribution in [3.05, 3.63) is 41.4 Å². The van der Waals surface area contributed by atoms with E-state index in [0.717, 1.165) is 29.9 Å². The van der Waals surface area contributed by atoms with E-state index < -0.39 is 6.10 Å². The molecular weight excluding hydrogens is 370 g/mol. The molecule has 3 aromatic rings. The molecule has 1 aromatic carbocycles. The maximum absolute atomic E-state index is 9.65. The van der Waals surface area contributed by atoms with Gasteiger partial charge in [0.25, 0.3) is 0 Å². The first kappa shape index (κ1) is 19.4. The van der Waals surface area contributed by atoms with Gasteiger partial charge >= 0.3 is 0 Å². The quantitative estimate of drug-likeness (QED) is 0.568. The summed E-state index contributed by atoms with van der Waals surface area (Å²) in [5.41, 5.74) is 2.39. The number of fused-ring (bicyclic) bond motifs is 1. The van der Waals surface area contributed by atoms with Crippen LogP contribution in [0.15, 0.2) is 24.5 Å². The predicted molar refractivity (Wildman–Crippen MR) is 108 cm³/mol. The average molecular weight is 397 g/mol. The van der Waals surface area contributed by atoms with Crippen molar-refractivity contribution in [1.29, 1.82) is 5.41 Å². The van der Waals surface area contributed by atoms with Gasteiger partial charge in [0.05, 0.1) is 32.2 Å². The fourth-order valence-corrected chi connectivity index (χ4v) is 3.82. The highest BCUT2D eigenvalue weighted by atomic mass is 16.5. The lowest BCUT2D eigenvalue weighted by molar-refractivity contribution is 0.193. The molecule has 2 heterocycles.